The quantitative estimate of drug-likeness (QED) is 0.419. The molecule has 2 amide bonds. The van der Waals surface area contributed by atoms with Gasteiger partial charge in [-0.05, 0) is 55.6 Å². The number of nitrogens with two attached hydrogens (primary N) is 1. The minimum Gasteiger partial charge on any atom is -0.465 e. The van der Waals surface area contributed by atoms with E-state index in [2.05, 4.69) is 15.4 Å². The molecule has 0 bridgehead atoms. The lowest BCUT2D eigenvalue weighted by atomic mass is 10.1. The summed E-state index contributed by atoms with van der Waals surface area (Å²) in [6.07, 6.45) is 1.59. The molecule has 1 heterocycles. The van der Waals surface area contributed by atoms with E-state index in [1.807, 2.05) is 30.3 Å². The molecule has 0 aliphatic rings. The van der Waals surface area contributed by atoms with Crippen molar-refractivity contribution in [2.45, 2.75) is 25.3 Å². The maximum atomic E-state index is 12.7. The van der Waals surface area contributed by atoms with Gasteiger partial charge in [-0.2, -0.15) is 0 Å². The minimum absolute atomic E-state index is 0.155. The molecule has 3 aromatic rings. The van der Waals surface area contributed by atoms with Crippen LogP contribution < -0.4 is 16.4 Å². The highest BCUT2D eigenvalue weighted by molar-refractivity contribution is 5.98. The molecule has 0 fully saturated rings. The van der Waals surface area contributed by atoms with Crippen molar-refractivity contribution in [1.82, 2.24) is 10.6 Å². The summed E-state index contributed by atoms with van der Waals surface area (Å²) >= 11 is 0. The third kappa shape index (κ3) is 5.95. The van der Waals surface area contributed by atoms with E-state index < -0.39 is 17.9 Å². The van der Waals surface area contributed by atoms with Gasteiger partial charge in [-0.25, -0.2) is 4.79 Å². The Kier molecular flexibility index (Phi) is 7.99. The van der Waals surface area contributed by atoms with Crippen molar-refractivity contribution < 1.29 is 23.5 Å². The van der Waals surface area contributed by atoms with Gasteiger partial charge in [0.15, 0.2) is 5.76 Å². The van der Waals surface area contributed by atoms with Crippen LogP contribution in [0, 0.1) is 0 Å². The van der Waals surface area contributed by atoms with Gasteiger partial charge in [0.1, 0.15) is 11.6 Å². The van der Waals surface area contributed by atoms with E-state index in [0.29, 0.717) is 43.5 Å². The van der Waals surface area contributed by atoms with Crippen molar-refractivity contribution in [3.63, 3.8) is 0 Å². The van der Waals surface area contributed by atoms with Crippen LogP contribution in [0.25, 0.3) is 11.0 Å². The van der Waals surface area contributed by atoms with Crippen LogP contribution >= 0.6 is 0 Å². The smallest absolute Gasteiger partial charge is 0.337 e. The van der Waals surface area contributed by atoms with E-state index in [9.17, 15) is 14.4 Å². The van der Waals surface area contributed by atoms with Crippen molar-refractivity contribution in [1.29, 1.82) is 0 Å². The number of carbonyl (C=O) groups is 3. The first kappa shape index (κ1) is 23.0. The van der Waals surface area contributed by atoms with Gasteiger partial charge in [-0.1, -0.05) is 30.3 Å². The largest absolute Gasteiger partial charge is 0.465 e. The molecule has 0 unspecified atom stereocenters. The molecule has 0 radical (unpaired) electrons. The Labute approximate surface area is 186 Å². The first-order valence-corrected chi connectivity index (χ1v) is 10.5. The number of furan rings is 1. The van der Waals surface area contributed by atoms with E-state index in [1.54, 1.807) is 24.3 Å². The lowest BCUT2D eigenvalue weighted by Gasteiger charge is -2.17. The summed E-state index contributed by atoms with van der Waals surface area (Å²) in [6.45, 7) is 0.798. The monoisotopic (exact) mass is 437 g/mol. The van der Waals surface area contributed by atoms with Crippen LogP contribution in [0.3, 0.4) is 0 Å². The normalized spacial score (nSPS) is 11.7. The number of rotatable bonds is 10. The standard InChI is InChI=1S/C24H27N3O5/c1-31-24(30)17-10-8-16(9-11-17)12-14-26-22(28)19(6-4-13-25)27-23(29)21-15-18-5-2-3-7-20(18)32-21/h2-3,5,7-11,15,19H,4,6,12-14,25H2,1H3,(H,26,28)(H,27,29)/t19-/m0/s1. The summed E-state index contributed by atoms with van der Waals surface area (Å²) < 4.78 is 10.3. The number of fused-ring (bicyclic) bond motifs is 1. The molecule has 3 rings (SSSR count). The number of benzene rings is 2. The van der Waals surface area contributed by atoms with Gasteiger partial charge in [0.2, 0.25) is 5.91 Å². The number of hydrogen-bond donors (Lipinski definition) is 3. The first-order valence-electron chi connectivity index (χ1n) is 10.5. The molecule has 1 atom stereocenters. The second-order valence-electron chi connectivity index (χ2n) is 7.33. The highest BCUT2D eigenvalue weighted by atomic mass is 16.5. The fourth-order valence-corrected chi connectivity index (χ4v) is 3.29. The zero-order valence-electron chi connectivity index (χ0n) is 17.9. The SMILES string of the molecule is COC(=O)c1ccc(CCNC(=O)[C@H](CCCN)NC(=O)c2cc3ccccc3o2)cc1. The van der Waals surface area contributed by atoms with Gasteiger partial charge in [0, 0.05) is 11.9 Å². The molecule has 0 aliphatic heterocycles. The predicted octanol–water partition coefficient (Wildman–Crippen LogP) is 2.42. The Balaban J connectivity index is 1.56. The van der Waals surface area contributed by atoms with Gasteiger partial charge >= 0.3 is 5.97 Å². The Morgan fingerprint density at radius 3 is 2.53 bits per heavy atom. The third-order valence-corrected chi connectivity index (χ3v) is 5.06. The van der Waals surface area contributed by atoms with Gasteiger partial charge < -0.3 is 25.5 Å². The van der Waals surface area contributed by atoms with Crippen molar-refractivity contribution in [2.24, 2.45) is 5.73 Å². The van der Waals surface area contributed by atoms with Crippen LogP contribution in [0.1, 0.15) is 39.3 Å². The zero-order valence-corrected chi connectivity index (χ0v) is 17.9. The molecule has 0 saturated carbocycles. The maximum Gasteiger partial charge on any atom is 0.337 e. The second kappa shape index (κ2) is 11.1. The Morgan fingerprint density at radius 2 is 1.84 bits per heavy atom. The summed E-state index contributed by atoms with van der Waals surface area (Å²) in [6, 6.07) is 15.2. The summed E-state index contributed by atoms with van der Waals surface area (Å²) in [4.78, 5) is 36.8. The van der Waals surface area contributed by atoms with E-state index in [4.69, 9.17) is 10.2 Å². The molecular formula is C24H27N3O5. The number of methoxy groups -OCH3 is 1. The van der Waals surface area contributed by atoms with Crippen LogP contribution in [0.5, 0.6) is 0 Å². The molecule has 0 spiro atoms. The molecule has 8 heteroatoms. The number of amides is 2. The van der Waals surface area contributed by atoms with E-state index >= 15 is 0 Å². The van der Waals surface area contributed by atoms with Gasteiger partial charge in [-0.3, -0.25) is 9.59 Å². The van der Waals surface area contributed by atoms with Gasteiger partial charge in [0.25, 0.3) is 5.91 Å². The molecule has 4 N–H and O–H groups in total. The second-order valence-corrected chi connectivity index (χ2v) is 7.33. The lowest BCUT2D eigenvalue weighted by molar-refractivity contribution is -0.123. The lowest BCUT2D eigenvalue weighted by Crippen LogP contribution is -2.47. The molecule has 32 heavy (non-hydrogen) atoms. The van der Waals surface area contributed by atoms with Crippen molar-refractivity contribution in [3.05, 3.63) is 71.5 Å². The summed E-state index contributed by atoms with van der Waals surface area (Å²) in [5.74, 6) is -0.971. The fourth-order valence-electron chi connectivity index (χ4n) is 3.29. The Hall–Kier alpha value is -3.65. The van der Waals surface area contributed by atoms with Crippen molar-refractivity contribution >= 4 is 28.8 Å². The van der Waals surface area contributed by atoms with Crippen LogP contribution in [0.2, 0.25) is 0 Å². The maximum absolute atomic E-state index is 12.7. The van der Waals surface area contributed by atoms with Gasteiger partial charge in [-0.15, -0.1) is 0 Å². The summed E-state index contributed by atoms with van der Waals surface area (Å²) in [7, 11) is 1.33. The number of carbonyl (C=O) groups excluding carboxylic acids is 3. The number of esters is 1. The summed E-state index contributed by atoms with van der Waals surface area (Å²) in [5.41, 5.74) is 7.63. The number of hydrogen-bond acceptors (Lipinski definition) is 6. The number of nitrogens with one attached hydrogen (secondary N) is 2. The van der Waals surface area contributed by atoms with E-state index in [1.165, 1.54) is 7.11 Å². The summed E-state index contributed by atoms with van der Waals surface area (Å²) in [5, 5.41) is 6.43. The first-order chi connectivity index (χ1) is 15.5. The van der Waals surface area contributed by atoms with Crippen molar-refractivity contribution in [2.75, 3.05) is 20.2 Å². The Bertz CT molecular complexity index is 1040. The molecule has 8 nitrogen and oxygen atoms in total. The fraction of sp³-hybridized carbons (Fsp3) is 0.292. The third-order valence-electron chi connectivity index (χ3n) is 5.06. The molecular weight excluding hydrogens is 410 g/mol. The van der Waals surface area contributed by atoms with Crippen LogP contribution in [-0.2, 0) is 16.0 Å². The molecule has 0 saturated heterocycles. The molecule has 0 aliphatic carbocycles. The highest BCUT2D eigenvalue weighted by Gasteiger charge is 2.22. The Morgan fingerprint density at radius 1 is 1.09 bits per heavy atom. The van der Waals surface area contributed by atoms with E-state index in [-0.39, 0.29) is 11.7 Å². The molecule has 1 aromatic heterocycles. The number of para-hydroxylation sites is 1. The van der Waals surface area contributed by atoms with Gasteiger partial charge in [0.05, 0.1) is 12.7 Å². The minimum atomic E-state index is -0.721. The highest BCUT2D eigenvalue weighted by Crippen LogP contribution is 2.19. The number of ether oxygens (including phenoxy) is 1. The topological polar surface area (TPSA) is 124 Å². The van der Waals surface area contributed by atoms with Crippen LogP contribution in [0.4, 0.5) is 0 Å². The van der Waals surface area contributed by atoms with Crippen LogP contribution in [0.15, 0.2) is 59.0 Å². The van der Waals surface area contributed by atoms with E-state index in [0.717, 1.165) is 10.9 Å². The zero-order chi connectivity index (χ0) is 22.9. The predicted molar refractivity (Wildman–Crippen MR) is 120 cm³/mol. The van der Waals surface area contributed by atoms with Crippen LogP contribution in [-0.4, -0.2) is 44.0 Å². The molecule has 168 valence electrons. The van der Waals surface area contributed by atoms with Crippen molar-refractivity contribution in [3.8, 4) is 0 Å². The average molecular weight is 437 g/mol. The average Bonchev–Trinajstić information content (AvgIpc) is 3.26. The molecule has 2 aromatic carbocycles.